The third-order valence-electron chi connectivity index (χ3n) is 5.35. The second-order valence-corrected chi connectivity index (χ2v) is 10.3. The van der Waals surface area contributed by atoms with Crippen molar-refractivity contribution < 1.29 is 14.3 Å². The van der Waals surface area contributed by atoms with E-state index < -0.39 is 11.7 Å². The number of hydrogen-bond donors (Lipinski definition) is 3. The van der Waals surface area contributed by atoms with Gasteiger partial charge in [0.05, 0.1) is 23.1 Å². The zero-order valence-corrected chi connectivity index (χ0v) is 20.2. The van der Waals surface area contributed by atoms with E-state index in [-0.39, 0.29) is 17.7 Å². The molecule has 0 radical (unpaired) electrons. The summed E-state index contributed by atoms with van der Waals surface area (Å²) in [5, 5.41) is 11.1. The van der Waals surface area contributed by atoms with E-state index in [0.717, 1.165) is 28.7 Å². The van der Waals surface area contributed by atoms with Crippen LogP contribution < -0.4 is 16.0 Å². The highest BCUT2D eigenvalue weighted by molar-refractivity contribution is 5.97. The molecule has 0 saturated carbocycles. The fourth-order valence-corrected chi connectivity index (χ4v) is 3.50. The number of alkyl carbamates (subject to hydrolysis) is 1. The number of amides is 1. The van der Waals surface area contributed by atoms with Gasteiger partial charge in [-0.05, 0) is 38.7 Å². The monoisotopic (exact) mass is 442 g/mol. The number of aromatic nitrogens is 1. The Morgan fingerprint density at radius 1 is 1.16 bits per heavy atom. The van der Waals surface area contributed by atoms with Crippen LogP contribution in [0, 0.1) is 5.41 Å². The average molecular weight is 443 g/mol. The van der Waals surface area contributed by atoms with Crippen molar-refractivity contribution in [3.05, 3.63) is 30.5 Å². The van der Waals surface area contributed by atoms with E-state index in [1.165, 1.54) is 12.8 Å². The van der Waals surface area contributed by atoms with Crippen LogP contribution in [-0.2, 0) is 9.47 Å². The highest BCUT2D eigenvalue weighted by Crippen LogP contribution is 2.35. The molecule has 1 aliphatic heterocycles. The van der Waals surface area contributed by atoms with E-state index in [4.69, 9.17) is 9.47 Å². The molecule has 2 atom stereocenters. The Morgan fingerprint density at radius 2 is 1.91 bits per heavy atom. The molecule has 176 valence electrons. The minimum Gasteiger partial charge on any atom is -0.444 e. The number of para-hydroxylation sites is 1. The largest absolute Gasteiger partial charge is 0.444 e. The maximum absolute atomic E-state index is 12.1. The molecule has 1 aliphatic rings. The summed E-state index contributed by atoms with van der Waals surface area (Å²) in [5.74, 6) is 0. The molecule has 7 nitrogen and oxygen atoms in total. The number of carbonyl (C=O) groups excluding carboxylic acids is 1. The Balaban J connectivity index is 1.67. The Labute approximate surface area is 191 Å². The normalized spacial score (nSPS) is 18.3. The van der Waals surface area contributed by atoms with Crippen LogP contribution in [-0.4, -0.2) is 42.1 Å². The summed E-state index contributed by atoms with van der Waals surface area (Å²) in [5.41, 5.74) is 2.17. The summed E-state index contributed by atoms with van der Waals surface area (Å²) in [6.45, 7) is 13.1. The molecule has 1 amide bonds. The van der Waals surface area contributed by atoms with Crippen LogP contribution in [0.5, 0.6) is 0 Å². The zero-order valence-electron chi connectivity index (χ0n) is 20.2. The molecular weight excluding hydrogens is 404 g/mol. The van der Waals surface area contributed by atoms with Gasteiger partial charge in [0.2, 0.25) is 0 Å². The van der Waals surface area contributed by atoms with Crippen LogP contribution >= 0.6 is 0 Å². The molecule has 1 fully saturated rings. The molecule has 1 aromatic carbocycles. The van der Waals surface area contributed by atoms with E-state index in [0.29, 0.717) is 13.1 Å². The number of ether oxygens (including phenoxy) is 2. The smallest absolute Gasteiger partial charge is 0.407 e. The lowest BCUT2D eigenvalue weighted by atomic mass is 9.93. The summed E-state index contributed by atoms with van der Waals surface area (Å²) in [7, 11) is 0. The molecule has 2 unspecified atom stereocenters. The number of carbonyl (C=O) groups is 1. The summed E-state index contributed by atoms with van der Waals surface area (Å²) in [6.07, 6.45) is 5.18. The minimum absolute atomic E-state index is 0.0342. The molecule has 3 N–H and O–H groups in total. The summed E-state index contributed by atoms with van der Waals surface area (Å²) in [4.78, 5) is 16.7. The Kier molecular flexibility index (Phi) is 7.49. The first-order valence-corrected chi connectivity index (χ1v) is 11.6. The number of nitrogens with one attached hydrogen (secondary N) is 3. The first-order chi connectivity index (χ1) is 15.1. The van der Waals surface area contributed by atoms with Crippen molar-refractivity contribution in [3.63, 3.8) is 0 Å². The molecule has 0 bridgehead atoms. The number of fused-ring (bicyclic) bond motifs is 1. The highest BCUT2D eigenvalue weighted by Gasteiger charge is 2.38. The number of unbranched alkanes of at least 4 members (excludes halogenated alkanes) is 1. The summed E-state index contributed by atoms with van der Waals surface area (Å²) in [6, 6.07) is 8.10. The highest BCUT2D eigenvalue weighted by atomic mass is 16.6. The van der Waals surface area contributed by atoms with Gasteiger partial charge in [0.15, 0.2) is 6.23 Å². The van der Waals surface area contributed by atoms with Gasteiger partial charge in [0.25, 0.3) is 0 Å². The summed E-state index contributed by atoms with van der Waals surface area (Å²) >= 11 is 0. The second-order valence-electron chi connectivity index (χ2n) is 10.3. The molecule has 3 rings (SSSR count). The van der Waals surface area contributed by atoms with Crippen molar-refractivity contribution in [1.82, 2.24) is 10.3 Å². The van der Waals surface area contributed by atoms with Gasteiger partial charge in [-0.1, -0.05) is 51.8 Å². The number of nitrogens with zero attached hydrogens (tertiary/aromatic N) is 1. The lowest BCUT2D eigenvalue weighted by Crippen LogP contribution is -2.40. The van der Waals surface area contributed by atoms with Gasteiger partial charge in [-0.2, -0.15) is 0 Å². The van der Waals surface area contributed by atoms with Gasteiger partial charge >= 0.3 is 6.09 Å². The van der Waals surface area contributed by atoms with E-state index >= 15 is 0 Å². The van der Waals surface area contributed by atoms with Gasteiger partial charge < -0.3 is 25.4 Å². The lowest BCUT2D eigenvalue weighted by molar-refractivity contribution is 0.0508. The van der Waals surface area contributed by atoms with Crippen molar-refractivity contribution in [2.75, 3.05) is 23.7 Å². The van der Waals surface area contributed by atoms with Crippen molar-refractivity contribution in [2.24, 2.45) is 5.41 Å². The first kappa shape index (κ1) is 24.1. The van der Waals surface area contributed by atoms with E-state index in [1.54, 1.807) is 0 Å². The number of pyridine rings is 1. The second kappa shape index (κ2) is 9.94. The predicted octanol–water partition coefficient (Wildman–Crippen LogP) is 5.52. The standard InChI is InChI=1S/C25H38N4O3/c1-7-8-13-20-22(31-20)29-19-14-26-18-12-10-9-11-17(18)21(19)27-15-25(5,6)16-28-23(30)32-24(2,3)4/h9-12,14,20,22,29H,7-8,13,15-16H2,1-6H3,(H,26,27)(H,28,30). The number of anilines is 2. The summed E-state index contributed by atoms with van der Waals surface area (Å²) < 4.78 is 11.2. The van der Waals surface area contributed by atoms with Crippen LogP contribution in [0.2, 0.25) is 0 Å². The van der Waals surface area contributed by atoms with Crippen molar-refractivity contribution in [2.45, 2.75) is 78.7 Å². The van der Waals surface area contributed by atoms with E-state index in [2.05, 4.69) is 47.8 Å². The lowest BCUT2D eigenvalue weighted by Gasteiger charge is -2.28. The molecule has 1 saturated heterocycles. The number of epoxide rings is 1. The minimum atomic E-state index is -0.511. The van der Waals surface area contributed by atoms with Crippen LogP contribution in [0.1, 0.15) is 60.8 Å². The first-order valence-electron chi connectivity index (χ1n) is 11.6. The molecule has 2 heterocycles. The maximum atomic E-state index is 12.1. The molecule has 1 aromatic heterocycles. The van der Waals surface area contributed by atoms with Gasteiger partial charge in [0, 0.05) is 18.5 Å². The van der Waals surface area contributed by atoms with Gasteiger partial charge in [0.1, 0.15) is 11.7 Å². The van der Waals surface area contributed by atoms with Crippen LogP contribution in [0.3, 0.4) is 0 Å². The van der Waals surface area contributed by atoms with Crippen LogP contribution in [0.15, 0.2) is 30.5 Å². The number of rotatable bonds is 10. The number of hydrogen-bond acceptors (Lipinski definition) is 6. The molecule has 7 heteroatoms. The number of benzene rings is 1. The van der Waals surface area contributed by atoms with Crippen LogP contribution in [0.25, 0.3) is 10.9 Å². The fourth-order valence-electron chi connectivity index (χ4n) is 3.50. The van der Waals surface area contributed by atoms with Crippen LogP contribution in [0.4, 0.5) is 16.2 Å². The Bertz CT molecular complexity index is 923. The topological polar surface area (TPSA) is 87.8 Å². The Hall–Kier alpha value is -2.54. The third kappa shape index (κ3) is 6.99. The maximum Gasteiger partial charge on any atom is 0.407 e. The Morgan fingerprint density at radius 3 is 2.62 bits per heavy atom. The molecule has 0 spiro atoms. The van der Waals surface area contributed by atoms with E-state index in [9.17, 15) is 4.79 Å². The quantitative estimate of drug-likeness (QED) is 0.420. The van der Waals surface area contributed by atoms with Gasteiger partial charge in [-0.25, -0.2) is 4.79 Å². The predicted molar refractivity (Wildman–Crippen MR) is 130 cm³/mol. The van der Waals surface area contributed by atoms with Crippen molar-refractivity contribution >= 4 is 28.4 Å². The molecular formula is C25H38N4O3. The fraction of sp³-hybridized carbons (Fsp3) is 0.600. The zero-order chi connectivity index (χ0) is 23.4. The van der Waals surface area contributed by atoms with Crippen molar-refractivity contribution in [3.8, 4) is 0 Å². The van der Waals surface area contributed by atoms with Gasteiger partial charge in [-0.15, -0.1) is 0 Å². The molecule has 0 aliphatic carbocycles. The average Bonchev–Trinajstić information content (AvgIpc) is 3.46. The molecule has 2 aromatic rings. The van der Waals surface area contributed by atoms with E-state index in [1.807, 2.05) is 45.2 Å². The third-order valence-corrected chi connectivity index (χ3v) is 5.35. The SMILES string of the molecule is CCCCC1OC1Nc1cnc2ccccc2c1NCC(C)(C)CNC(=O)OC(C)(C)C. The van der Waals surface area contributed by atoms with Gasteiger partial charge in [-0.3, -0.25) is 4.98 Å². The molecule has 32 heavy (non-hydrogen) atoms. The van der Waals surface area contributed by atoms with Crippen molar-refractivity contribution in [1.29, 1.82) is 0 Å².